The maximum atomic E-state index is 12.1. The fraction of sp³-hybridized carbons (Fsp3) is 0.846. The lowest BCUT2D eigenvalue weighted by atomic mass is 9.79. The molecule has 2 aliphatic rings. The predicted molar refractivity (Wildman–Crippen MR) is 64.7 cm³/mol. The fourth-order valence-corrected chi connectivity index (χ4v) is 3.06. The van der Waals surface area contributed by atoms with E-state index >= 15 is 0 Å². The van der Waals surface area contributed by atoms with Crippen molar-refractivity contribution in [2.45, 2.75) is 51.4 Å². The molecule has 0 bridgehead atoms. The predicted octanol–water partition coefficient (Wildman–Crippen LogP) is 1.97. The summed E-state index contributed by atoms with van der Waals surface area (Å²) in [6.07, 6.45) is 6.13. The van der Waals surface area contributed by atoms with Gasteiger partial charge < -0.3 is 5.11 Å². The third-order valence-corrected chi connectivity index (χ3v) is 4.00. The van der Waals surface area contributed by atoms with Gasteiger partial charge in [-0.3, -0.25) is 14.4 Å². The third kappa shape index (κ3) is 3.22. The van der Waals surface area contributed by atoms with Gasteiger partial charge in [-0.15, -0.1) is 0 Å². The topological polar surface area (TPSA) is 66.8 Å². The van der Waals surface area contributed by atoms with Gasteiger partial charge in [0.25, 0.3) is 0 Å². The fourth-order valence-electron chi connectivity index (χ4n) is 3.06. The maximum absolute atomic E-state index is 12.1. The zero-order valence-corrected chi connectivity index (χ0v) is 10.7. The summed E-state index contributed by atoms with van der Waals surface area (Å²) in [4.78, 5) is 28.4. The van der Waals surface area contributed by atoms with Gasteiger partial charge in [-0.2, -0.15) is 0 Å². The van der Waals surface area contributed by atoms with Gasteiger partial charge in [0.2, 0.25) is 5.91 Å². The molecule has 1 aliphatic carbocycles. The van der Waals surface area contributed by atoms with E-state index < -0.39 is 5.97 Å². The molecule has 0 radical (unpaired) electrons. The molecule has 102 valence electrons. The second-order valence-corrected chi connectivity index (χ2v) is 5.49. The number of carboxylic acid groups (broad SMARTS) is 1. The zero-order valence-electron chi connectivity index (χ0n) is 10.7. The molecule has 1 saturated heterocycles. The molecule has 0 aromatic rings. The van der Waals surface area contributed by atoms with Crippen LogP contribution >= 0.6 is 0 Å². The molecule has 1 heterocycles. The molecular weight excluding hydrogens is 234 g/mol. The summed E-state index contributed by atoms with van der Waals surface area (Å²) in [5.74, 6) is -0.845. The molecule has 1 amide bonds. The lowest BCUT2D eigenvalue weighted by Crippen LogP contribution is -2.39. The Balaban J connectivity index is 1.95. The van der Waals surface area contributed by atoms with Crippen LogP contribution in [0.3, 0.4) is 0 Å². The lowest BCUT2D eigenvalue weighted by molar-refractivity contribution is -0.199. The third-order valence-electron chi connectivity index (χ3n) is 4.00. The molecule has 0 aromatic heterocycles. The average Bonchev–Trinajstić information content (AvgIpc) is 2.77. The lowest BCUT2D eigenvalue weighted by Gasteiger charge is -2.31. The van der Waals surface area contributed by atoms with Crippen LogP contribution in [-0.2, 0) is 14.4 Å². The van der Waals surface area contributed by atoms with Crippen molar-refractivity contribution < 1.29 is 19.5 Å². The van der Waals surface area contributed by atoms with Crippen molar-refractivity contribution in [2.24, 2.45) is 5.41 Å². The van der Waals surface area contributed by atoms with Crippen LogP contribution in [0.1, 0.15) is 51.4 Å². The van der Waals surface area contributed by atoms with Crippen LogP contribution in [0.2, 0.25) is 0 Å². The molecule has 2 rings (SSSR count). The van der Waals surface area contributed by atoms with E-state index in [1.807, 2.05) is 0 Å². The minimum atomic E-state index is -0.802. The highest BCUT2D eigenvalue weighted by molar-refractivity contribution is 5.77. The van der Waals surface area contributed by atoms with E-state index in [9.17, 15) is 9.59 Å². The Hall–Kier alpha value is -1.10. The number of carbonyl (C=O) groups excluding carboxylic acids is 1. The number of rotatable bonds is 4. The minimum absolute atomic E-state index is 0.0437. The van der Waals surface area contributed by atoms with Crippen LogP contribution in [0.4, 0.5) is 0 Å². The normalized spacial score (nSPS) is 23.0. The minimum Gasteiger partial charge on any atom is -0.481 e. The highest BCUT2D eigenvalue weighted by Gasteiger charge is 2.39. The first-order valence-corrected chi connectivity index (χ1v) is 6.76. The molecule has 1 aliphatic heterocycles. The van der Waals surface area contributed by atoms with Crippen LogP contribution in [0.15, 0.2) is 0 Å². The summed E-state index contributed by atoms with van der Waals surface area (Å²) in [5.41, 5.74) is -0.330. The molecule has 5 nitrogen and oxygen atoms in total. The number of hydrogen-bond acceptors (Lipinski definition) is 3. The summed E-state index contributed by atoms with van der Waals surface area (Å²) in [5, 5.41) is 10.4. The smallest absolute Gasteiger partial charge is 0.303 e. The first-order valence-electron chi connectivity index (χ1n) is 6.76. The molecule has 0 unspecified atom stereocenters. The van der Waals surface area contributed by atoms with E-state index in [0.29, 0.717) is 19.6 Å². The van der Waals surface area contributed by atoms with Crippen LogP contribution in [0.25, 0.3) is 0 Å². The van der Waals surface area contributed by atoms with Gasteiger partial charge in [0.05, 0.1) is 13.0 Å². The molecule has 0 aromatic carbocycles. The largest absolute Gasteiger partial charge is 0.481 e. The Labute approximate surface area is 107 Å². The van der Waals surface area contributed by atoms with Crippen LogP contribution in [0, 0.1) is 5.41 Å². The second kappa shape index (κ2) is 5.69. The summed E-state index contributed by atoms with van der Waals surface area (Å²) in [6.45, 7) is 1.24. The molecule has 0 atom stereocenters. The first-order chi connectivity index (χ1) is 8.61. The van der Waals surface area contributed by atoms with Crippen molar-refractivity contribution in [3.8, 4) is 0 Å². The monoisotopic (exact) mass is 255 g/mol. The number of carbonyl (C=O) groups is 2. The van der Waals surface area contributed by atoms with Gasteiger partial charge in [0, 0.05) is 13.0 Å². The van der Waals surface area contributed by atoms with E-state index in [4.69, 9.17) is 9.94 Å². The van der Waals surface area contributed by atoms with Crippen molar-refractivity contribution in [2.75, 3.05) is 13.2 Å². The van der Waals surface area contributed by atoms with Crippen LogP contribution in [-0.4, -0.2) is 35.2 Å². The van der Waals surface area contributed by atoms with Gasteiger partial charge in [0.15, 0.2) is 0 Å². The quantitative estimate of drug-likeness (QED) is 0.834. The number of hydroxylamine groups is 2. The van der Waals surface area contributed by atoms with Crippen molar-refractivity contribution in [1.82, 2.24) is 5.06 Å². The Morgan fingerprint density at radius 2 is 1.83 bits per heavy atom. The summed E-state index contributed by atoms with van der Waals surface area (Å²) >= 11 is 0. The zero-order chi connectivity index (χ0) is 13.0. The van der Waals surface area contributed by atoms with Crippen molar-refractivity contribution in [1.29, 1.82) is 0 Å². The summed E-state index contributed by atoms with van der Waals surface area (Å²) in [6, 6.07) is 0. The first kappa shape index (κ1) is 13.3. The molecule has 18 heavy (non-hydrogen) atoms. The average molecular weight is 255 g/mol. The van der Waals surface area contributed by atoms with Crippen molar-refractivity contribution in [3.05, 3.63) is 0 Å². The van der Waals surface area contributed by atoms with Gasteiger partial charge in [-0.25, -0.2) is 5.06 Å². The highest BCUT2D eigenvalue weighted by atomic mass is 16.7. The summed E-state index contributed by atoms with van der Waals surface area (Å²) in [7, 11) is 0. The molecule has 0 spiro atoms. The summed E-state index contributed by atoms with van der Waals surface area (Å²) < 4.78 is 0. The van der Waals surface area contributed by atoms with E-state index in [0.717, 1.165) is 38.5 Å². The van der Waals surface area contributed by atoms with E-state index in [-0.39, 0.29) is 17.7 Å². The Kier molecular flexibility index (Phi) is 4.22. The van der Waals surface area contributed by atoms with E-state index in [2.05, 4.69) is 0 Å². The Morgan fingerprint density at radius 1 is 1.11 bits per heavy atom. The maximum Gasteiger partial charge on any atom is 0.303 e. The van der Waals surface area contributed by atoms with E-state index in [1.165, 1.54) is 5.06 Å². The van der Waals surface area contributed by atoms with Crippen LogP contribution < -0.4 is 0 Å². The van der Waals surface area contributed by atoms with Gasteiger partial charge in [-0.05, 0) is 31.1 Å². The number of hydrogen-bond donors (Lipinski definition) is 1. The van der Waals surface area contributed by atoms with Gasteiger partial charge in [0.1, 0.15) is 0 Å². The van der Waals surface area contributed by atoms with Gasteiger partial charge >= 0.3 is 5.97 Å². The van der Waals surface area contributed by atoms with Crippen LogP contribution in [0.5, 0.6) is 0 Å². The van der Waals surface area contributed by atoms with E-state index in [1.54, 1.807) is 0 Å². The molecular formula is C13H21NO4. The Morgan fingerprint density at radius 3 is 2.39 bits per heavy atom. The number of amides is 1. The second-order valence-electron chi connectivity index (χ2n) is 5.49. The number of aliphatic carboxylic acids is 1. The standard InChI is InChI=1S/C13H21NO4/c15-11(14-7-3-4-8-18-14)9-13(10-12(16)17)5-1-2-6-13/h1-10H2,(H,16,17). The van der Waals surface area contributed by atoms with Crippen molar-refractivity contribution >= 4 is 11.9 Å². The Bertz CT molecular complexity index is 317. The molecule has 1 N–H and O–H groups in total. The highest BCUT2D eigenvalue weighted by Crippen LogP contribution is 2.44. The SMILES string of the molecule is O=C(O)CC1(CC(=O)N2CCCCO2)CCCC1. The molecule has 2 fully saturated rings. The van der Waals surface area contributed by atoms with Gasteiger partial charge in [-0.1, -0.05) is 12.8 Å². The molecule has 5 heteroatoms. The molecule has 1 saturated carbocycles. The van der Waals surface area contributed by atoms with Crippen molar-refractivity contribution in [3.63, 3.8) is 0 Å². The number of nitrogens with zero attached hydrogens (tertiary/aromatic N) is 1. The number of carboxylic acids is 1.